The maximum atomic E-state index is 11.9. The van der Waals surface area contributed by atoms with Crippen molar-refractivity contribution in [2.75, 3.05) is 6.54 Å². The van der Waals surface area contributed by atoms with Gasteiger partial charge in [-0.1, -0.05) is 19.9 Å². The Morgan fingerprint density at radius 2 is 1.95 bits per heavy atom. The molecule has 0 heterocycles. The first-order valence-corrected chi connectivity index (χ1v) is 7.09. The SMILES string of the molecule is Cc1ccc(C(=O)O)c(OC(C)C(=O)NCCC(C)C)c1. The summed E-state index contributed by atoms with van der Waals surface area (Å²) in [5.74, 6) is -0.586. The lowest BCUT2D eigenvalue weighted by Gasteiger charge is -2.17. The van der Waals surface area contributed by atoms with Crippen molar-refractivity contribution in [3.8, 4) is 5.75 Å². The number of amides is 1. The van der Waals surface area contributed by atoms with Gasteiger partial charge in [-0.25, -0.2) is 4.79 Å². The van der Waals surface area contributed by atoms with Crippen LogP contribution in [0.4, 0.5) is 0 Å². The number of carbonyl (C=O) groups is 2. The van der Waals surface area contributed by atoms with Gasteiger partial charge in [-0.05, 0) is 43.9 Å². The molecule has 0 bridgehead atoms. The fourth-order valence-corrected chi connectivity index (χ4v) is 1.78. The minimum atomic E-state index is -1.07. The number of aromatic carboxylic acids is 1. The molecule has 0 aliphatic rings. The highest BCUT2D eigenvalue weighted by atomic mass is 16.5. The molecule has 0 aromatic heterocycles. The van der Waals surface area contributed by atoms with Gasteiger partial charge in [0, 0.05) is 6.54 Å². The molecule has 5 nitrogen and oxygen atoms in total. The summed E-state index contributed by atoms with van der Waals surface area (Å²) < 4.78 is 5.51. The fourth-order valence-electron chi connectivity index (χ4n) is 1.78. The van der Waals surface area contributed by atoms with Gasteiger partial charge in [0.25, 0.3) is 5.91 Å². The molecule has 0 saturated heterocycles. The summed E-state index contributed by atoms with van der Waals surface area (Å²) >= 11 is 0. The standard InChI is InChI=1S/C16H23NO4/c1-10(2)7-8-17-15(18)12(4)21-14-9-11(3)5-6-13(14)16(19)20/h5-6,9-10,12H,7-8H2,1-4H3,(H,17,18)(H,19,20). The molecule has 1 rings (SSSR count). The second kappa shape index (κ2) is 7.67. The number of rotatable bonds is 7. The summed E-state index contributed by atoms with van der Waals surface area (Å²) in [6.45, 7) is 8.20. The monoisotopic (exact) mass is 293 g/mol. The number of hydrogen-bond acceptors (Lipinski definition) is 3. The van der Waals surface area contributed by atoms with Crippen LogP contribution >= 0.6 is 0 Å². The predicted octanol–water partition coefficient (Wildman–Crippen LogP) is 2.62. The highest BCUT2D eigenvalue weighted by molar-refractivity contribution is 5.91. The van der Waals surface area contributed by atoms with Crippen LogP contribution in [-0.2, 0) is 4.79 Å². The number of benzene rings is 1. The maximum absolute atomic E-state index is 11.9. The topological polar surface area (TPSA) is 75.6 Å². The van der Waals surface area contributed by atoms with Crippen LogP contribution in [0.25, 0.3) is 0 Å². The molecular weight excluding hydrogens is 270 g/mol. The van der Waals surface area contributed by atoms with E-state index < -0.39 is 12.1 Å². The van der Waals surface area contributed by atoms with Gasteiger partial charge in [0.1, 0.15) is 11.3 Å². The lowest BCUT2D eigenvalue weighted by molar-refractivity contribution is -0.127. The minimum Gasteiger partial charge on any atom is -0.480 e. The minimum absolute atomic E-state index is 0.0578. The van der Waals surface area contributed by atoms with E-state index in [-0.39, 0.29) is 17.2 Å². The van der Waals surface area contributed by atoms with E-state index in [1.54, 1.807) is 19.1 Å². The second-order valence-electron chi connectivity index (χ2n) is 5.54. The molecule has 0 aliphatic heterocycles. The highest BCUT2D eigenvalue weighted by Gasteiger charge is 2.18. The van der Waals surface area contributed by atoms with Gasteiger partial charge >= 0.3 is 5.97 Å². The second-order valence-corrected chi connectivity index (χ2v) is 5.54. The van der Waals surface area contributed by atoms with Crippen molar-refractivity contribution in [3.63, 3.8) is 0 Å². The maximum Gasteiger partial charge on any atom is 0.339 e. The van der Waals surface area contributed by atoms with Crippen molar-refractivity contribution < 1.29 is 19.4 Å². The van der Waals surface area contributed by atoms with Crippen molar-refractivity contribution in [3.05, 3.63) is 29.3 Å². The Morgan fingerprint density at radius 3 is 2.52 bits per heavy atom. The van der Waals surface area contributed by atoms with Crippen molar-refractivity contribution in [2.24, 2.45) is 5.92 Å². The summed E-state index contributed by atoms with van der Waals surface area (Å²) in [6.07, 6.45) is 0.153. The number of aryl methyl sites for hydroxylation is 1. The van der Waals surface area contributed by atoms with Gasteiger partial charge in [-0.2, -0.15) is 0 Å². The zero-order chi connectivity index (χ0) is 16.0. The van der Waals surface area contributed by atoms with Crippen LogP contribution in [0.3, 0.4) is 0 Å². The van der Waals surface area contributed by atoms with Crippen LogP contribution in [0.1, 0.15) is 43.1 Å². The number of carboxylic acid groups (broad SMARTS) is 1. The van der Waals surface area contributed by atoms with E-state index in [0.717, 1.165) is 12.0 Å². The molecule has 21 heavy (non-hydrogen) atoms. The third-order valence-electron chi connectivity index (χ3n) is 3.06. The molecule has 5 heteroatoms. The first-order valence-electron chi connectivity index (χ1n) is 7.09. The summed E-state index contributed by atoms with van der Waals surface area (Å²) in [4.78, 5) is 23.1. The van der Waals surface area contributed by atoms with E-state index in [2.05, 4.69) is 19.2 Å². The van der Waals surface area contributed by atoms with E-state index in [9.17, 15) is 9.59 Å². The largest absolute Gasteiger partial charge is 0.480 e. The van der Waals surface area contributed by atoms with Crippen LogP contribution in [0.5, 0.6) is 5.75 Å². The predicted molar refractivity (Wildman–Crippen MR) is 80.7 cm³/mol. The fraction of sp³-hybridized carbons (Fsp3) is 0.500. The van der Waals surface area contributed by atoms with Crippen molar-refractivity contribution >= 4 is 11.9 Å². The number of carboxylic acids is 1. The molecule has 0 aliphatic carbocycles. The normalized spacial score (nSPS) is 12.0. The van der Waals surface area contributed by atoms with Crippen LogP contribution < -0.4 is 10.1 Å². The quantitative estimate of drug-likeness (QED) is 0.810. The molecule has 0 radical (unpaired) electrons. The van der Waals surface area contributed by atoms with E-state index in [1.165, 1.54) is 6.07 Å². The Labute approximate surface area is 125 Å². The molecule has 116 valence electrons. The number of ether oxygens (including phenoxy) is 1. The third-order valence-corrected chi connectivity index (χ3v) is 3.06. The Balaban J connectivity index is 2.69. The highest BCUT2D eigenvalue weighted by Crippen LogP contribution is 2.21. The van der Waals surface area contributed by atoms with E-state index >= 15 is 0 Å². The van der Waals surface area contributed by atoms with Gasteiger partial charge in [0.15, 0.2) is 6.10 Å². The molecule has 1 aromatic carbocycles. The van der Waals surface area contributed by atoms with Crippen molar-refractivity contribution in [1.82, 2.24) is 5.32 Å². The summed E-state index contributed by atoms with van der Waals surface area (Å²) in [5, 5.41) is 11.9. The molecule has 0 saturated carbocycles. The smallest absolute Gasteiger partial charge is 0.339 e. The first-order chi connectivity index (χ1) is 9.81. The Bertz CT molecular complexity index is 511. The third kappa shape index (κ3) is 5.45. The van der Waals surface area contributed by atoms with Crippen LogP contribution in [0.15, 0.2) is 18.2 Å². The number of hydrogen-bond donors (Lipinski definition) is 2. The van der Waals surface area contributed by atoms with E-state index in [4.69, 9.17) is 9.84 Å². The first kappa shape index (κ1) is 17.0. The van der Waals surface area contributed by atoms with E-state index in [0.29, 0.717) is 12.5 Å². The van der Waals surface area contributed by atoms with Gasteiger partial charge in [-0.15, -0.1) is 0 Å². The van der Waals surface area contributed by atoms with Gasteiger partial charge in [-0.3, -0.25) is 4.79 Å². The molecule has 1 aromatic rings. The van der Waals surface area contributed by atoms with Gasteiger partial charge in [0.05, 0.1) is 0 Å². The van der Waals surface area contributed by atoms with Crippen LogP contribution in [-0.4, -0.2) is 29.6 Å². The molecule has 1 atom stereocenters. The Kier molecular flexibility index (Phi) is 6.21. The van der Waals surface area contributed by atoms with Crippen molar-refractivity contribution in [1.29, 1.82) is 0 Å². The zero-order valence-corrected chi connectivity index (χ0v) is 13.0. The van der Waals surface area contributed by atoms with Gasteiger partial charge in [0.2, 0.25) is 0 Å². The molecule has 1 amide bonds. The molecular formula is C16H23NO4. The lowest BCUT2D eigenvalue weighted by atomic mass is 10.1. The Hall–Kier alpha value is -2.04. The lowest BCUT2D eigenvalue weighted by Crippen LogP contribution is -2.37. The van der Waals surface area contributed by atoms with E-state index in [1.807, 2.05) is 6.92 Å². The summed E-state index contributed by atoms with van der Waals surface area (Å²) in [7, 11) is 0. The van der Waals surface area contributed by atoms with Gasteiger partial charge < -0.3 is 15.2 Å². The van der Waals surface area contributed by atoms with Crippen molar-refractivity contribution in [2.45, 2.75) is 40.2 Å². The zero-order valence-electron chi connectivity index (χ0n) is 13.0. The molecule has 0 spiro atoms. The summed E-state index contributed by atoms with van der Waals surface area (Å²) in [6, 6.07) is 4.81. The Morgan fingerprint density at radius 1 is 1.29 bits per heavy atom. The van der Waals surface area contributed by atoms with Crippen LogP contribution in [0.2, 0.25) is 0 Å². The molecule has 0 fully saturated rings. The molecule has 2 N–H and O–H groups in total. The molecule has 1 unspecified atom stereocenters. The summed E-state index contributed by atoms with van der Waals surface area (Å²) in [5.41, 5.74) is 0.935. The average molecular weight is 293 g/mol. The number of carbonyl (C=O) groups excluding carboxylic acids is 1. The average Bonchev–Trinajstić information content (AvgIpc) is 2.37. The number of nitrogens with one attached hydrogen (secondary N) is 1. The van der Waals surface area contributed by atoms with Crippen LogP contribution in [0, 0.1) is 12.8 Å².